The largest absolute Gasteiger partial charge is 0.334 e. The van der Waals surface area contributed by atoms with Gasteiger partial charge in [-0.25, -0.2) is 0 Å². The molecular weight excluding hydrogens is 426 g/mol. The number of hydrogen-bond acceptors (Lipinski definition) is 5. The van der Waals surface area contributed by atoms with Crippen LogP contribution in [-0.4, -0.2) is 16.7 Å². The molecule has 4 rings (SSSR count). The molecule has 4 aromatic rings. The fraction of sp³-hybridized carbons (Fsp3) is 0.429. The number of nitrogens with zero attached hydrogens (tertiary/aromatic N) is 3. The van der Waals surface area contributed by atoms with Crippen molar-refractivity contribution in [2.75, 3.05) is 6.54 Å². The van der Waals surface area contributed by atoms with E-state index in [9.17, 15) is 0 Å². The second-order valence-electron chi connectivity index (χ2n) is 8.79. The molecule has 0 aliphatic rings. The maximum absolute atomic E-state index is 5.53. The van der Waals surface area contributed by atoms with Crippen molar-refractivity contribution in [1.82, 2.24) is 15.0 Å². The second kappa shape index (κ2) is 12.1. The maximum atomic E-state index is 5.53. The van der Waals surface area contributed by atoms with Crippen molar-refractivity contribution >= 4 is 21.4 Å². The topological polar surface area (TPSA) is 44.8 Å². The molecule has 2 aromatic carbocycles. The van der Waals surface area contributed by atoms with Gasteiger partial charge < -0.3 is 4.52 Å². The Labute approximate surface area is 201 Å². The number of aryl methyl sites for hydroxylation is 1. The number of aromatic nitrogens is 2. The summed E-state index contributed by atoms with van der Waals surface area (Å²) in [7, 11) is 0. The summed E-state index contributed by atoms with van der Waals surface area (Å²) in [5.41, 5.74) is 3.71. The van der Waals surface area contributed by atoms with Crippen LogP contribution in [-0.2, 0) is 19.5 Å². The number of fused-ring (bicyclic) bond motifs is 1. The molecule has 0 bridgehead atoms. The first kappa shape index (κ1) is 23.7. The van der Waals surface area contributed by atoms with Crippen LogP contribution in [0.15, 0.2) is 58.4 Å². The Balaban J connectivity index is 1.31. The molecule has 0 N–H and O–H groups in total. The van der Waals surface area contributed by atoms with Gasteiger partial charge >= 0.3 is 0 Å². The van der Waals surface area contributed by atoms with E-state index in [-0.39, 0.29) is 0 Å². The van der Waals surface area contributed by atoms with Crippen molar-refractivity contribution in [2.24, 2.45) is 0 Å². The van der Waals surface area contributed by atoms with Crippen molar-refractivity contribution in [3.63, 3.8) is 0 Å². The molecule has 0 aliphatic carbocycles. The normalized spacial score (nSPS) is 11.6. The first-order valence-electron chi connectivity index (χ1n) is 12.4. The van der Waals surface area contributed by atoms with Gasteiger partial charge in [-0.3, -0.25) is 0 Å². The fourth-order valence-corrected chi connectivity index (χ4v) is 5.18. The molecule has 2 aromatic heterocycles. The van der Waals surface area contributed by atoms with Crippen molar-refractivity contribution in [3.05, 3.63) is 70.9 Å². The Morgan fingerprint density at radius 3 is 2.48 bits per heavy atom. The molecule has 5 heteroatoms. The van der Waals surface area contributed by atoms with E-state index in [0.29, 0.717) is 5.89 Å². The zero-order chi connectivity index (χ0) is 22.9. The first-order chi connectivity index (χ1) is 16.3. The molecule has 0 atom stereocenters. The predicted octanol–water partition coefficient (Wildman–Crippen LogP) is 7.71. The molecule has 1 radical (unpaired) electrons. The van der Waals surface area contributed by atoms with E-state index in [0.717, 1.165) is 43.9 Å². The van der Waals surface area contributed by atoms with E-state index in [1.54, 1.807) is 0 Å². The number of hydrogen-bond donors (Lipinski definition) is 0. The number of benzene rings is 2. The summed E-state index contributed by atoms with van der Waals surface area (Å²) in [6.07, 6.45) is 8.54. The molecule has 0 saturated heterocycles. The summed E-state index contributed by atoms with van der Waals surface area (Å²) in [6, 6.07) is 17.2. The Hall–Kier alpha value is -2.50. The van der Waals surface area contributed by atoms with Gasteiger partial charge in [-0.1, -0.05) is 74.5 Å². The quantitative estimate of drug-likeness (QED) is 0.151. The second-order valence-corrected chi connectivity index (χ2v) is 9.70. The average molecular weight is 462 g/mol. The lowest BCUT2D eigenvalue weighted by molar-refractivity contribution is 0.415. The van der Waals surface area contributed by atoms with Gasteiger partial charge in [0.1, 0.15) is 19.6 Å². The lowest BCUT2D eigenvalue weighted by Crippen LogP contribution is -2.28. The zero-order valence-corrected chi connectivity index (χ0v) is 20.7. The molecule has 4 nitrogen and oxygen atoms in total. The van der Waals surface area contributed by atoms with E-state index in [1.807, 2.05) is 11.3 Å². The summed E-state index contributed by atoms with van der Waals surface area (Å²) < 4.78 is 6.89. The van der Waals surface area contributed by atoms with Crippen molar-refractivity contribution < 1.29 is 4.52 Å². The van der Waals surface area contributed by atoms with Gasteiger partial charge in [0, 0.05) is 38.6 Å². The van der Waals surface area contributed by atoms with Crippen LogP contribution in [0.2, 0.25) is 0 Å². The molecular formula is C28H35N3OS+. The highest BCUT2D eigenvalue weighted by Gasteiger charge is 2.17. The Morgan fingerprint density at radius 1 is 0.879 bits per heavy atom. The van der Waals surface area contributed by atoms with Crippen LogP contribution in [0.3, 0.4) is 0 Å². The summed E-state index contributed by atoms with van der Waals surface area (Å²) in [4.78, 5) is 7.09. The van der Waals surface area contributed by atoms with Crippen molar-refractivity contribution in [2.45, 2.75) is 71.9 Å². The minimum Gasteiger partial charge on any atom is -0.334 e. The fourth-order valence-electron chi connectivity index (χ4n) is 4.22. The average Bonchev–Trinajstić information content (AvgIpc) is 3.49. The standard InChI is InChI=1S/C28H35N3OS/c1-3-5-6-7-8-9-14-27-29-28(32-30-27)23-17-15-22(16-18-23)19-31(4-2)20-24-21-33-26-13-11-10-12-25(24)26/h10-13,15-18,21H,3-9,14,19-20H2,1-2H3/q+1. The lowest BCUT2D eigenvalue weighted by atomic mass is 10.1. The van der Waals surface area contributed by atoms with Crippen LogP contribution in [0.25, 0.3) is 21.5 Å². The number of unbranched alkanes of at least 4 members (excludes halogenated alkanes) is 5. The van der Waals surface area contributed by atoms with Gasteiger partial charge in [0.2, 0.25) is 0 Å². The number of thiophene rings is 1. The van der Waals surface area contributed by atoms with Gasteiger partial charge in [0.25, 0.3) is 5.89 Å². The van der Waals surface area contributed by atoms with Crippen molar-refractivity contribution in [1.29, 1.82) is 0 Å². The first-order valence-corrected chi connectivity index (χ1v) is 13.2. The van der Waals surface area contributed by atoms with Gasteiger partial charge in [-0.05, 0) is 31.5 Å². The van der Waals surface area contributed by atoms with E-state index >= 15 is 0 Å². The third kappa shape index (κ3) is 6.52. The predicted molar refractivity (Wildman–Crippen MR) is 139 cm³/mol. The van der Waals surface area contributed by atoms with Crippen LogP contribution < -0.4 is 4.90 Å². The van der Waals surface area contributed by atoms with Crippen LogP contribution in [0.4, 0.5) is 0 Å². The van der Waals surface area contributed by atoms with E-state index in [1.165, 1.54) is 53.3 Å². The number of rotatable bonds is 13. The molecule has 0 fully saturated rings. The van der Waals surface area contributed by atoms with Crippen molar-refractivity contribution in [3.8, 4) is 11.5 Å². The smallest absolute Gasteiger partial charge is 0.257 e. The van der Waals surface area contributed by atoms with Gasteiger partial charge in [-0.2, -0.15) is 9.88 Å². The molecule has 0 saturated carbocycles. The van der Waals surface area contributed by atoms with Crippen LogP contribution in [0.1, 0.15) is 69.3 Å². The van der Waals surface area contributed by atoms with Crippen LogP contribution >= 0.6 is 11.3 Å². The Morgan fingerprint density at radius 2 is 1.67 bits per heavy atom. The van der Waals surface area contributed by atoms with Crippen LogP contribution in [0, 0.1) is 0 Å². The summed E-state index contributed by atoms with van der Waals surface area (Å²) in [5.74, 6) is 1.45. The summed E-state index contributed by atoms with van der Waals surface area (Å²) >= 11 is 1.83. The molecule has 173 valence electrons. The molecule has 0 spiro atoms. The highest BCUT2D eigenvalue weighted by molar-refractivity contribution is 7.17. The van der Waals surface area contributed by atoms with Gasteiger partial charge in [0.15, 0.2) is 5.82 Å². The van der Waals surface area contributed by atoms with E-state index in [4.69, 9.17) is 4.52 Å². The van der Waals surface area contributed by atoms with Crippen LogP contribution in [0.5, 0.6) is 0 Å². The molecule has 2 heterocycles. The third-order valence-electron chi connectivity index (χ3n) is 6.23. The summed E-state index contributed by atoms with van der Waals surface area (Å²) in [6.45, 7) is 7.38. The maximum Gasteiger partial charge on any atom is 0.257 e. The minimum absolute atomic E-state index is 0.625. The van der Waals surface area contributed by atoms with E-state index in [2.05, 4.69) is 82.8 Å². The Kier molecular flexibility index (Phi) is 8.67. The highest BCUT2D eigenvalue weighted by atomic mass is 32.1. The summed E-state index contributed by atoms with van der Waals surface area (Å²) in [5, 5.41) is 7.86. The van der Waals surface area contributed by atoms with Gasteiger partial charge in [0.05, 0.1) is 0 Å². The third-order valence-corrected chi connectivity index (χ3v) is 7.24. The molecule has 0 aliphatic heterocycles. The monoisotopic (exact) mass is 461 g/mol. The Bertz CT molecular complexity index is 1120. The molecule has 0 amide bonds. The molecule has 0 unspecified atom stereocenters. The lowest BCUT2D eigenvalue weighted by Gasteiger charge is -2.10. The SMILES string of the molecule is CCCCCCCCc1noc(-c2ccc(C[N+](CC)Cc3csc4ccccc34)cc2)n1. The zero-order valence-electron chi connectivity index (χ0n) is 19.9. The molecule has 33 heavy (non-hydrogen) atoms. The minimum atomic E-state index is 0.625. The highest BCUT2D eigenvalue weighted by Crippen LogP contribution is 2.27. The van der Waals surface area contributed by atoms with Gasteiger partial charge in [-0.15, -0.1) is 11.3 Å². The van der Waals surface area contributed by atoms with E-state index < -0.39 is 0 Å².